The summed E-state index contributed by atoms with van der Waals surface area (Å²) in [6.07, 6.45) is 0.210. The molecule has 0 spiro atoms. The number of nitrogens with zero attached hydrogens (tertiary/aromatic N) is 1. The lowest BCUT2D eigenvalue weighted by molar-refractivity contribution is -0.140. The zero-order valence-corrected chi connectivity index (χ0v) is 18.2. The normalized spacial score (nSPS) is 12.4. The van der Waals surface area contributed by atoms with Crippen molar-refractivity contribution in [2.45, 2.75) is 66.1 Å². The highest BCUT2D eigenvalue weighted by molar-refractivity contribution is 5.88. The van der Waals surface area contributed by atoms with Crippen molar-refractivity contribution in [3.63, 3.8) is 0 Å². The maximum absolute atomic E-state index is 13.3. The van der Waals surface area contributed by atoms with E-state index in [1.54, 1.807) is 24.0 Å². The van der Waals surface area contributed by atoms with Crippen molar-refractivity contribution in [2.24, 2.45) is 0 Å². The summed E-state index contributed by atoms with van der Waals surface area (Å²) in [5, 5.41) is 2.94. The number of aryl methyl sites for hydroxylation is 2. The van der Waals surface area contributed by atoms with Crippen molar-refractivity contribution in [1.29, 1.82) is 0 Å². The van der Waals surface area contributed by atoms with Gasteiger partial charge in [-0.15, -0.1) is 0 Å². The minimum Gasteiger partial charge on any atom is -0.350 e. The molecule has 29 heavy (non-hydrogen) atoms. The molecule has 1 atom stereocenters. The Balaban J connectivity index is 2.29. The third kappa shape index (κ3) is 6.70. The minimum absolute atomic E-state index is 0.139. The van der Waals surface area contributed by atoms with Crippen LogP contribution in [0.3, 0.4) is 0 Å². The summed E-state index contributed by atoms with van der Waals surface area (Å²) in [5.41, 5.74) is 3.45. The fraction of sp³-hybridized carbons (Fsp3) is 0.417. The number of halogens is 1. The van der Waals surface area contributed by atoms with Crippen molar-refractivity contribution in [1.82, 2.24) is 10.2 Å². The Kier molecular flexibility index (Phi) is 7.17. The molecule has 1 N–H and O–H groups in total. The number of carbonyl (C=O) groups excluding carboxylic acids is 2. The van der Waals surface area contributed by atoms with Crippen molar-refractivity contribution in [2.75, 3.05) is 0 Å². The third-order valence-corrected chi connectivity index (χ3v) is 4.78. The maximum atomic E-state index is 13.3. The first-order valence-corrected chi connectivity index (χ1v) is 9.88. The number of hydrogen-bond acceptors (Lipinski definition) is 2. The molecule has 2 aromatic carbocycles. The summed E-state index contributed by atoms with van der Waals surface area (Å²) >= 11 is 0. The average Bonchev–Trinajstić information content (AvgIpc) is 2.62. The summed E-state index contributed by atoms with van der Waals surface area (Å²) in [5.74, 6) is -0.686. The van der Waals surface area contributed by atoms with Gasteiger partial charge in [0, 0.05) is 12.1 Å². The van der Waals surface area contributed by atoms with Crippen LogP contribution in [0.1, 0.15) is 49.9 Å². The fourth-order valence-electron chi connectivity index (χ4n) is 3.10. The van der Waals surface area contributed by atoms with Gasteiger partial charge >= 0.3 is 0 Å². The SMILES string of the molecule is Cc1ccc(C)c(CC(=O)N(Cc2ccc(F)cc2)[C@H](C)C(=O)NC(C)(C)C)c1. The van der Waals surface area contributed by atoms with Crippen LogP contribution in [0.5, 0.6) is 0 Å². The second kappa shape index (κ2) is 9.21. The first-order chi connectivity index (χ1) is 13.5. The highest BCUT2D eigenvalue weighted by Crippen LogP contribution is 2.17. The van der Waals surface area contributed by atoms with Crippen molar-refractivity contribution in [3.05, 3.63) is 70.5 Å². The molecule has 2 rings (SSSR count). The van der Waals surface area contributed by atoms with Gasteiger partial charge < -0.3 is 10.2 Å². The molecule has 0 fully saturated rings. The first-order valence-electron chi connectivity index (χ1n) is 9.88. The van der Waals surface area contributed by atoms with Crippen LogP contribution in [0.4, 0.5) is 4.39 Å². The van der Waals surface area contributed by atoms with Gasteiger partial charge in [0.2, 0.25) is 11.8 Å². The van der Waals surface area contributed by atoms with Gasteiger partial charge in [0.25, 0.3) is 0 Å². The lowest BCUT2D eigenvalue weighted by Crippen LogP contribution is -2.52. The van der Waals surface area contributed by atoms with Crippen LogP contribution in [0.15, 0.2) is 42.5 Å². The van der Waals surface area contributed by atoms with Crippen molar-refractivity contribution >= 4 is 11.8 Å². The van der Waals surface area contributed by atoms with E-state index in [0.29, 0.717) is 0 Å². The second-order valence-corrected chi connectivity index (χ2v) is 8.67. The average molecular weight is 399 g/mol. The molecule has 0 saturated heterocycles. The molecule has 0 aliphatic heterocycles. The molecule has 0 radical (unpaired) electrons. The van der Waals surface area contributed by atoms with E-state index in [1.807, 2.05) is 52.8 Å². The van der Waals surface area contributed by atoms with Crippen LogP contribution < -0.4 is 5.32 Å². The van der Waals surface area contributed by atoms with Gasteiger partial charge in [-0.2, -0.15) is 0 Å². The molecule has 0 bridgehead atoms. The summed E-state index contributed by atoms with van der Waals surface area (Å²) in [4.78, 5) is 27.6. The van der Waals surface area contributed by atoms with Crippen LogP contribution in [0, 0.1) is 19.7 Å². The van der Waals surface area contributed by atoms with E-state index in [0.717, 1.165) is 22.3 Å². The molecule has 2 aromatic rings. The standard InChI is InChI=1S/C24H31FN2O2/c1-16-7-8-17(2)20(13-16)14-22(28)27(15-19-9-11-21(25)12-10-19)18(3)23(29)26-24(4,5)6/h7-13,18H,14-15H2,1-6H3,(H,26,29)/t18-/m1/s1. The highest BCUT2D eigenvalue weighted by atomic mass is 19.1. The van der Waals surface area contributed by atoms with E-state index >= 15 is 0 Å². The molecular weight excluding hydrogens is 367 g/mol. The fourth-order valence-corrected chi connectivity index (χ4v) is 3.10. The number of amides is 2. The van der Waals surface area contributed by atoms with Crippen molar-refractivity contribution < 1.29 is 14.0 Å². The number of rotatable bonds is 6. The first kappa shape index (κ1) is 22.6. The lowest BCUT2D eigenvalue weighted by Gasteiger charge is -2.31. The van der Waals surface area contributed by atoms with Crippen LogP contribution in [-0.2, 0) is 22.6 Å². The molecule has 0 saturated carbocycles. The van der Waals surface area contributed by atoms with Gasteiger partial charge in [-0.05, 0) is 70.4 Å². The molecule has 4 nitrogen and oxygen atoms in total. The Morgan fingerprint density at radius 1 is 1.07 bits per heavy atom. The Bertz CT molecular complexity index is 869. The monoisotopic (exact) mass is 398 g/mol. The Morgan fingerprint density at radius 3 is 2.28 bits per heavy atom. The molecule has 0 unspecified atom stereocenters. The minimum atomic E-state index is -0.656. The zero-order valence-electron chi connectivity index (χ0n) is 18.2. The van der Waals surface area contributed by atoms with E-state index in [2.05, 4.69) is 5.32 Å². The van der Waals surface area contributed by atoms with Gasteiger partial charge in [0.05, 0.1) is 6.42 Å². The number of carbonyl (C=O) groups is 2. The summed E-state index contributed by atoms with van der Waals surface area (Å²) < 4.78 is 13.3. The maximum Gasteiger partial charge on any atom is 0.242 e. The summed E-state index contributed by atoms with van der Waals surface area (Å²) in [7, 11) is 0. The Morgan fingerprint density at radius 2 is 1.69 bits per heavy atom. The van der Waals surface area contributed by atoms with E-state index < -0.39 is 11.6 Å². The lowest BCUT2D eigenvalue weighted by atomic mass is 10.0. The molecule has 0 aliphatic rings. The third-order valence-electron chi connectivity index (χ3n) is 4.78. The van der Waals surface area contributed by atoms with Crippen LogP contribution in [0.2, 0.25) is 0 Å². The molecular formula is C24H31FN2O2. The van der Waals surface area contributed by atoms with Crippen LogP contribution in [-0.4, -0.2) is 28.3 Å². The topological polar surface area (TPSA) is 49.4 Å². The largest absolute Gasteiger partial charge is 0.350 e. The second-order valence-electron chi connectivity index (χ2n) is 8.67. The molecule has 0 aliphatic carbocycles. The smallest absolute Gasteiger partial charge is 0.242 e. The predicted octanol–water partition coefficient (Wildman–Crippen LogP) is 4.32. The number of nitrogens with one attached hydrogen (secondary N) is 1. The highest BCUT2D eigenvalue weighted by Gasteiger charge is 2.28. The Labute approximate surface area is 173 Å². The molecule has 2 amide bonds. The molecule has 156 valence electrons. The van der Waals surface area contributed by atoms with E-state index in [4.69, 9.17) is 0 Å². The van der Waals surface area contributed by atoms with Crippen LogP contribution in [0.25, 0.3) is 0 Å². The van der Waals surface area contributed by atoms with E-state index in [1.165, 1.54) is 12.1 Å². The summed E-state index contributed by atoms with van der Waals surface area (Å²) in [6, 6.07) is 11.4. The van der Waals surface area contributed by atoms with Crippen LogP contribution >= 0.6 is 0 Å². The van der Waals surface area contributed by atoms with Gasteiger partial charge in [0.1, 0.15) is 11.9 Å². The molecule has 5 heteroatoms. The quantitative estimate of drug-likeness (QED) is 0.788. The number of hydrogen-bond donors (Lipinski definition) is 1. The van der Waals surface area contributed by atoms with E-state index in [9.17, 15) is 14.0 Å². The zero-order chi connectivity index (χ0) is 21.8. The van der Waals surface area contributed by atoms with Gasteiger partial charge in [0.15, 0.2) is 0 Å². The summed E-state index contributed by atoms with van der Waals surface area (Å²) in [6.45, 7) is 11.6. The van der Waals surface area contributed by atoms with E-state index in [-0.39, 0.29) is 30.6 Å². The van der Waals surface area contributed by atoms with Gasteiger partial charge in [-0.25, -0.2) is 4.39 Å². The number of benzene rings is 2. The Hall–Kier alpha value is -2.69. The van der Waals surface area contributed by atoms with Gasteiger partial charge in [-0.3, -0.25) is 9.59 Å². The molecule has 0 aromatic heterocycles. The molecule has 0 heterocycles. The van der Waals surface area contributed by atoms with Gasteiger partial charge in [-0.1, -0.05) is 35.9 Å². The predicted molar refractivity (Wildman–Crippen MR) is 114 cm³/mol. The van der Waals surface area contributed by atoms with Crippen molar-refractivity contribution in [3.8, 4) is 0 Å².